The fourth-order valence-electron chi connectivity index (χ4n) is 2.69. The van der Waals surface area contributed by atoms with Crippen molar-refractivity contribution in [3.8, 4) is 0 Å². The first kappa shape index (κ1) is 12.3. The lowest BCUT2D eigenvalue weighted by molar-refractivity contribution is -0.118. The maximum absolute atomic E-state index is 12.4. The van der Waals surface area contributed by atoms with E-state index in [9.17, 15) is 4.79 Å². The Hall–Kier alpha value is -2.40. The van der Waals surface area contributed by atoms with Crippen LogP contribution in [0.2, 0.25) is 5.02 Å². The second kappa shape index (κ2) is 4.56. The van der Waals surface area contributed by atoms with E-state index < -0.39 is 0 Å². The molecule has 0 fully saturated rings. The van der Waals surface area contributed by atoms with Crippen LogP contribution in [0.1, 0.15) is 17.0 Å². The summed E-state index contributed by atoms with van der Waals surface area (Å²) in [5, 5.41) is 11.2. The van der Waals surface area contributed by atoms with Crippen LogP contribution in [0.4, 0.5) is 5.69 Å². The first-order valence-electron chi connectivity index (χ1n) is 6.58. The van der Waals surface area contributed by atoms with Gasteiger partial charge in [0.25, 0.3) is 0 Å². The van der Waals surface area contributed by atoms with Gasteiger partial charge in [-0.25, -0.2) is 0 Å². The lowest BCUT2D eigenvalue weighted by Crippen LogP contribution is -2.30. The topological polar surface area (TPSA) is 70.7 Å². The van der Waals surface area contributed by atoms with Gasteiger partial charge in [0.15, 0.2) is 0 Å². The van der Waals surface area contributed by atoms with Gasteiger partial charge in [-0.2, -0.15) is 5.10 Å². The van der Waals surface area contributed by atoms with Crippen molar-refractivity contribution in [2.45, 2.75) is 12.3 Å². The minimum atomic E-state index is -0.152. The highest BCUT2D eigenvalue weighted by molar-refractivity contribution is 6.30. The van der Waals surface area contributed by atoms with Gasteiger partial charge in [-0.3, -0.25) is 14.9 Å². The summed E-state index contributed by atoms with van der Waals surface area (Å²) < 4.78 is 0. The average molecular weight is 299 g/mol. The first-order valence-corrected chi connectivity index (χ1v) is 6.96. The average Bonchev–Trinajstić information content (AvgIpc) is 2.92. The third-order valence-corrected chi connectivity index (χ3v) is 4.08. The minimum Gasteiger partial charge on any atom is -0.324 e. The van der Waals surface area contributed by atoms with E-state index in [-0.39, 0.29) is 11.8 Å². The number of pyridine rings is 1. The number of amides is 1. The van der Waals surface area contributed by atoms with Crippen LogP contribution in [-0.2, 0) is 11.2 Å². The summed E-state index contributed by atoms with van der Waals surface area (Å²) in [4.78, 5) is 16.5. The molecule has 0 bridgehead atoms. The van der Waals surface area contributed by atoms with Crippen molar-refractivity contribution in [1.82, 2.24) is 15.2 Å². The molecule has 0 radical (unpaired) electrons. The zero-order valence-corrected chi connectivity index (χ0v) is 11.7. The lowest BCUT2D eigenvalue weighted by Gasteiger charge is -2.29. The molecule has 4 rings (SSSR count). The number of carbonyl (C=O) groups is 1. The molecule has 21 heavy (non-hydrogen) atoms. The highest BCUT2D eigenvalue weighted by Crippen LogP contribution is 2.37. The molecule has 1 amide bonds. The van der Waals surface area contributed by atoms with Gasteiger partial charge in [-0.1, -0.05) is 17.7 Å². The van der Waals surface area contributed by atoms with E-state index in [1.807, 2.05) is 18.2 Å². The first-order chi connectivity index (χ1) is 10.2. The molecule has 5 nitrogen and oxygen atoms in total. The van der Waals surface area contributed by atoms with Crippen LogP contribution in [0.3, 0.4) is 0 Å². The highest BCUT2D eigenvalue weighted by Gasteiger charge is 2.32. The number of benzene rings is 1. The van der Waals surface area contributed by atoms with Crippen molar-refractivity contribution in [2.75, 3.05) is 5.32 Å². The molecule has 2 N–H and O–H groups in total. The van der Waals surface area contributed by atoms with E-state index in [1.165, 1.54) is 5.56 Å². The Kier molecular flexibility index (Phi) is 2.68. The van der Waals surface area contributed by atoms with Crippen molar-refractivity contribution < 1.29 is 4.79 Å². The second-order valence-corrected chi connectivity index (χ2v) is 5.54. The van der Waals surface area contributed by atoms with Gasteiger partial charge in [0, 0.05) is 10.4 Å². The van der Waals surface area contributed by atoms with Crippen LogP contribution in [0.25, 0.3) is 10.9 Å². The number of nitrogens with one attached hydrogen (secondary N) is 2. The fraction of sp³-hybridized carbons (Fsp3) is 0.133. The predicted molar refractivity (Wildman–Crippen MR) is 80.4 cm³/mol. The minimum absolute atomic E-state index is 0.0414. The normalized spacial score (nSPS) is 16.3. The van der Waals surface area contributed by atoms with Crippen LogP contribution in [0, 0.1) is 0 Å². The van der Waals surface area contributed by atoms with E-state index in [2.05, 4.69) is 20.5 Å². The molecule has 2 aromatic heterocycles. The SMILES string of the molecule is O=C(Nc1cncc2[nH]ncc12)C1Cc2ccc(Cl)cc21. The molecule has 1 aliphatic rings. The van der Waals surface area contributed by atoms with Crippen LogP contribution < -0.4 is 5.32 Å². The number of halogens is 1. The van der Waals surface area contributed by atoms with Gasteiger partial charge >= 0.3 is 0 Å². The monoisotopic (exact) mass is 298 g/mol. The molecular weight excluding hydrogens is 288 g/mol. The largest absolute Gasteiger partial charge is 0.324 e. The Bertz CT molecular complexity index is 858. The van der Waals surface area contributed by atoms with Gasteiger partial charge in [0.1, 0.15) is 0 Å². The number of H-pyrrole nitrogens is 1. The van der Waals surface area contributed by atoms with Crippen LogP contribution >= 0.6 is 11.6 Å². The van der Waals surface area contributed by atoms with E-state index in [0.717, 1.165) is 22.9 Å². The molecule has 1 aliphatic carbocycles. The van der Waals surface area contributed by atoms with Gasteiger partial charge < -0.3 is 5.32 Å². The quantitative estimate of drug-likeness (QED) is 0.764. The smallest absolute Gasteiger partial charge is 0.232 e. The number of aromatic nitrogens is 3. The number of aromatic amines is 1. The Morgan fingerprint density at radius 1 is 1.33 bits per heavy atom. The third-order valence-electron chi connectivity index (χ3n) is 3.85. The molecule has 1 aromatic carbocycles. The molecular formula is C15H11ClN4O. The molecule has 0 saturated carbocycles. The maximum atomic E-state index is 12.4. The number of carbonyl (C=O) groups excluding carboxylic acids is 1. The number of fused-ring (bicyclic) bond motifs is 2. The molecule has 2 heterocycles. The molecule has 1 unspecified atom stereocenters. The fourth-order valence-corrected chi connectivity index (χ4v) is 2.87. The van der Waals surface area contributed by atoms with Gasteiger partial charge in [-0.05, 0) is 29.7 Å². The molecule has 6 heteroatoms. The summed E-state index contributed by atoms with van der Waals surface area (Å²) in [6, 6.07) is 5.69. The van der Waals surface area contributed by atoms with Crippen molar-refractivity contribution in [1.29, 1.82) is 0 Å². The number of rotatable bonds is 2. The van der Waals surface area contributed by atoms with E-state index in [4.69, 9.17) is 11.6 Å². The summed E-state index contributed by atoms with van der Waals surface area (Å²) >= 11 is 5.99. The maximum Gasteiger partial charge on any atom is 0.232 e. The van der Waals surface area contributed by atoms with E-state index in [1.54, 1.807) is 18.6 Å². The number of nitrogens with zero attached hydrogens (tertiary/aromatic N) is 2. The van der Waals surface area contributed by atoms with E-state index >= 15 is 0 Å². The number of anilines is 1. The molecule has 1 atom stereocenters. The number of hydrogen-bond donors (Lipinski definition) is 2. The molecule has 0 spiro atoms. The van der Waals surface area contributed by atoms with E-state index in [0.29, 0.717) is 10.7 Å². The lowest BCUT2D eigenvalue weighted by atomic mass is 9.77. The Balaban J connectivity index is 1.61. The Morgan fingerprint density at radius 2 is 2.24 bits per heavy atom. The number of hydrogen-bond acceptors (Lipinski definition) is 3. The summed E-state index contributed by atoms with van der Waals surface area (Å²) in [5.41, 5.74) is 3.65. The van der Waals surface area contributed by atoms with Crippen molar-refractivity contribution in [2.24, 2.45) is 0 Å². The zero-order valence-electron chi connectivity index (χ0n) is 10.9. The Labute approximate surface area is 125 Å². The van der Waals surface area contributed by atoms with Gasteiger partial charge in [0.2, 0.25) is 5.91 Å². The standard InChI is InChI=1S/C15H11ClN4O/c16-9-2-1-8-3-11(10(8)4-9)15(21)19-13-6-17-7-14-12(13)5-18-20-14/h1-2,4-7,11H,3H2,(H,18,20)(H,19,21). The summed E-state index contributed by atoms with van der Waals surface area (Å²) in [7, 11) is 0. The zero-order chi connectivity index (χ0) is 14.4. The Morgan fingerprint density at radius 3 is 3.14 bits per heavy atom. The van der Waals surface area contributed by atoms with Gasteiger partial charge in [0.05, 0.1) is 35.7 Å². The summed E-state index contributed by atoms with van der Waals surface area (Å²) in [6.07, 6.45) is 5.73. The predicted octanol–water partition coefficient (Wildman–Crippen LogP) is 2.89. The summed E-state index contributed by atoms with van der Waals surface area (Å²) in [5.74, 6) is -0.193. The van der Waals surface area contributed by atoms with Crippen LogP contribution in [-0.4, -0.2) is 21.1 Å². The molecule has 3 aromatic rings. The summed E-state index contributed by atoms with van der Waals surface area (Å²) in [6.45, 7) is 0. The van der Waals surface area contributed by atoms with Crippen molar-refractivity contribution in [3.05, 3.63) is 52.9 Å². The highest BCUT2D eigenvalue weighted by atomic mass is 35.5. The van der Waals surface area contributed by atoms with Crippen LogP contribution in [0.5, 0.6) is 0 Å². The molecule has 0 aliphatic heterocycles. The second-order valence-electron chi connectivity index (χ2n) is 5.11. The van der Waals surface area contributed by atoms with Gasteiger partial charge in [-0.15, -0.1) is 0 Å². The van der Waals surface area contributed by atoms with Crippen molar-refractivity contribution >= 4 is 34.1 Å². The van der Waals surface area contributed by atoms with Crippen molar-refractivity contribution in [3.63, 3.8) is 0 Å². The van der Waals surface area contributed by atoms with Crippen LogP contribution in [0.15, 0.2) is 36.8 Å². The third kappa shape index (κ3) is 1.97. The molecule has 0 saturated heterocycles. The molecule has 104 valence electrons.